The molecule has 0 aliphatic carbocycles. The summed E-state index contributed by atoms with van der Waals surface area (Å²) in [6.45, 7) is 8.22. The van der Waals surface area contributed by atoms with E-state index in [4.69, 9.17) is 4.42 Å². The molecule has 0 aliphatic heterocycles. The maximum atomic E-state index is 11.7. The average molecular weight is 261 g/mol. The molecule has 0 spiro atoms. The van der Waals surface area contributed by atoms with E-state index in [0.717, 1.165) is 30.8 Å². The molecule has 0 bridgehead atoms. The third kappa shape index (κ3) is 5.24. The minimum absolute atomic E-state index is 0. The minimum atomic E-state index is -0.135. The Kier molecular flexibility index (Phi) is 7.66. The molecule has 17 heavy (non-hydrogen) atoms. The van der Waals surface area contributed by atoms with Crippen molar-refractivity contribution in [3.63, 3.8) is 0 Å². The van der Waals surface area contributed by atoms with E-state index < -0.39 is 0 Å². The van der Waals surface area contributed by atoms with Crippen molar-refractivity contribution in [1.82, 2.24) is 10.6 Å². The van der Waals surface area contributed by atoms with Gasteiger partial charge in [-0.2, -0.15) is 0 Å². The molecule has 0 saturated heterocycles. The van der Waals surface area contributed by atoms with Gasteiger partial charge in [-0.15, -0.1) is 12.4 Å². The summed E-state index contributed by atoms with van der Waals surface area (Å²) in [5.74, 6) is 1.06. The lowest BCUT2D eigenvalue weighted by Crippen LogP contribution is -2.32. The number of nitrogens with one attached hydrogen (secondary N) is 2. The monoisotopic (exact) mass is 260 g/mol. The molecule has 1 heterocycles. The molecule has 0 unspecified atom stereocenters. The first-order valence-electron chi connectivity index (χ1n) is 5.71. The number of carbonyl (C=O) groups excluding carboxylic acids is 1. The van der Waals surface area contributed by atoms with E-state index in [2.05, 4.69) is 17.6 Å². The number of hydrogen-bond donors (Lipinski definition) is 2. The van der Waals surface area contributed by atoms with Crippen LogP contribution in [-0.2, 0) is 0 Å². The van der Waals surface area contributed by atoms with Gasteiger partial charge in [0.1, 0.15) is 5.76 Å². The summed E-state index contributed by atoms with van der Waals surface area (Å²) in [7, 11) is 0. The lowest BCUT2D eigenvalue weighted by molar-refractivity contribution is 0.0924. The fourth-order valence-corrected chi connectivity index (χ4v) is 1.51. The highest BCUT2D eigenvalue weighted by atomic mass is 35.5. The average Bonchev–Trinajstić information content (AvgIpc) is 2.57. The highest BCUT2D eigenvalue weighted by Crippen LogP contribution is 2.12. The molecule has 0 radical (unpaired) electrons. The molecule has 0 fully saturated rings. The van der Waals surface area contributed by atoms with Gasteiger partial charge in [-0.3, -0.25) is 4.79 Å². The summed E-state index contributed by atoms with van der Waals surface area (Å²) in [6, 6.07) is 1.87. The van der Waals surface area contributed by atoms with Gasteiger partial charge >= 0.3 is 0 Å². The molecule has 2 N–H and O–H groups in total. The van der Waals surface area contributed by atoms with Crippen LogP contribution in [0.3, 0.4) is 0 Å². The van der Waals surface area contributed by atoms with Gasteiger partial charge in [-0.05, 0) is 32.9 Å². The van der Waals surface area contributed by atoms with Gasteiger partial charge in [-0.1, -0.05) is 6.92 Å². The third-order valence-corrected chi connectivity index (χ3v) is 2.26. The van der Waals surface area contributed by atoms with Crippen LogP contribution in [0, 0.1) is 13.8 Å². The van der Waals surface area contributed by atoms with E-state index in [9.17, 15) is 4.79 Å². The van der Waals surface area contributed by atoms with Crippen molar-refractivity contribution in [3.8, 4) is 0 Å². The molecule has 0 atom stereocenters. The Bertz CT molecular complexity index is 350. The number of hydrogen-bond acceptors (Lipinski definition) is 3. The van der Waals surface area contributed by atoms with E-state index in [1.807, 2.05) is 19.9 Å². The molecule has 1 amide bonds. The summed E-state index contributed by atoms with van der Waals surface area (Å²) < 4.78 is 5.32. The third-order valence-electron chi connectivity index (χ3n) is 2.26. The Balaban J connectivity index is 0.00000256. The van der Waals surface area contributed by atoms with Crippen molar-refractivity contribution in [2.75, 3.05) is 19.6 Å². The largest absolute Gasteiger partial charge is 0.456 e. The van der Waals surface area contributed by atoms with Gasteiger partial charge in [0.25, 0.3) is 5.91 Å². The van der Waals surface area contributed by atoms with E-state index >= 15 is 0 Å². The number of furan rings is 1. The van der Waals surface area contributed by atoms with Crippen molar-refractivity contribution in [1.29, 1.82) is 0 Å². The molecule has 0 aromatic carbocycles. The molecule has 0 aliphatic rings. The standard InChI is InChI=1S/C12H20N2O2.ClH/c1-4-5-13-6-7-14-12(15)11-9(2)8-10(3)16-11;/h8,13H,4-7H2,1-3H3,(H,14,15);1H. The second kappa shape index (κ2) is 8.14. The second-order valence-electron chi connectivity index (χ2n) is 3.88. The van der Waals surface area contributed by atoms with Crippen molar-refractivity contribution in [2.45, 2.75) is 27.2 Å². The van der Waals surface area contributed by atoms with E-state index in [1.165, 1.54) is 0 Å². The van der Waals surface area contributed by atoms with Crippen LogP contribution in [0.2, 0.25) is 0 Å². The maximum absolute atomic E-state index is 11.7. The molecular formula is C12H21ClN2O2. The van der Waals surface area contributed by atoms with Crippen molar-refractivity contribution >= 4 is 18.3 Å². The smallest absolute Gasteiger partial charge is 0.287 e. The Hall–Kier alpha value is -1.00. The van der Waals surface area contributed by atoms with Crippen molar-refractivity contribution in [2.24, 2.45) is 0 Å². The molecule has 0 saturated carbocycles. The first kappa shape index (κ1) is 16.0. The number of carbonyl (C=O) groups is 1. The van der Waals surface area contributed by atoms with E-state index in [1.54, 1.807) is 0 Å². The zero-order chi connectivity index (χ0) is 12.0. The summed E-state index contributed by atoms with van der Waals surface area (Å²) in [6.07, 6.45) is 1.10. The van der Waals surface area contributed by atoms with Crippen LogP contribution >= 0.6 is 12.4 Å². The Labute approximate surface area is 109 Å². The van der Waals surface area contributed by atoms with Crippen LogP contribution in [0.25, 0.3) is 0 Å². The lowest BCUT2D eigenvalue weighted by atomic mass is 10.2. The molecule has 1 aromatic heterocycles. The Morgan fingerprint density at radius 3 is 2.53 bits per heavy atom. The molecule has 1 aromatic rings. The summed E-state index contributed by atoms with van der Waals surface area (Å²) in [5.41, 5.74) is 0.886. The van der Waals surface area contributed by atoms with Gasteiger partial charge in [0.2, 0.25) is 0 Å². The normalized spacial score (nSPS) is 9.82. The molecule has 98 valence electrons. The lowest BCUT2D eigenvalue weighted by Gasteiger charge is -2.04. The van der Waals surface area contributed by atoms with Crippen molar-refractivity contribution in [3.05, 3.63) is 23.2 Å². The number of halogens is 1. The Morgan fingerprint density at radius 1 is 1.29 bits per heavy atom. The first-order valence-corrected chi connectivity index (χ1v) is 5.71. The second-order valence-corrected chi connectivity index (χ2v) is 3.88. The maximum Gasteiger partial charge on any atom is 0.287 e. The predicted molar refractivity (Wildman–Crippen MR) is 70.9 cm³/mol. The quantitative estimate of drug-likeness (QED) is 0.770. The van der Waals surface area contributed by atoms with E-state index in [0.29, 0.717) is 12.3 Å². The summed E-state index contributed by atoms with van der Waals surface area (Å²) >= 11 is 0. The number of amides is 1. The zero-order valence-corrected chi connectivity index (χ0v) is 11.4. The van der Waals surface area contributed by atoms with Gasteiger partial charge < -0.3 is 15.1 Å². The molecule has 5 heteroatoms. The number of rotatable bonds is 6. The van der Waals surface area contributed by atoms with Gasteiger partial charge in [0.15, 0.2) is 5.76 Å². The highest BCUT2D eigenvalue weighted by Gasteiger charge is 2.13. The van der Waals surface area contributed by atoms with Crippen LogP contribution < -0.4 is 10.6 Å². The number of aryl methyl sites for hydroxylation is 2. The molecular weight excluding hydrogens is 240 g/mol. The van der Waals surface area contributed by atoms with Crippen LogP contribution in [0.15, 0.2) is 10.5 Å². The fraction of sp³-hybridized carbons (Fsp3) is 0.583. The van der Waals surface area contributed by atoms with E-state index in [-0.39, 0.29) is 18.3 Å². The SMILES string of the molecule is CCCNCCNC(=O)c1oc(C)cc1C.Cl. The van der Waals surface area contributed by atoms with Gasteiger partial charge in [-0.25, -0.2) is 0 Å². The zero-order valence-electron chi connectivity index (χ0n) is 10.6. The van der Waals surface area contributed by atoms with Crippen LogP contribution in [-0.4, -0.2) is 25.5 Å². The minimum Gasteiger partial charge on any atom is -0.456 e. The first-order chi connectivity index (χ1) is 7.65. The van der Waals surface area contributed by atoms with Crippen LogP contribution in [0.1, 0.15) is 35.2 Å². The summed E-state index contributed by atoms with van der Waals surface area (Å²) in [4.78, 5) is 11.7. The Morgan fingerprint density at radius 2 is 2.00 bits per heavy atom. The topological polar surface area (TPSA) is 54.3 Å². The predicted octanol–water partition coefficient (Wildman–Crippen LogP) is 2.05. The molecule has 1 rings (SSSR count). The van der Waals surface area contributed by atoms with Crippen LogP contribution in [0.5, 0.6) is 0 Å². The van der Waals surface area contributed by atoms with Gasteiger partial charge in [0, 0.05) is 18.7 Å². The van der Waals surface area contributed by atoms with Crippen molar-refractivity contribution < 1.29 is 9.21 Å². The summed E-state index contributed by atoms with van der Waals surface area (Å²) in [5, 5.41) is 6.03. The van der Waals surface area contributed by atoms with Crippen LogP contribution in [0.4, 0.5) is 0 Å². The van der Waals surface area contributed by atoms with Gasteiger partial charge in [0.05, 0.1) is 0 Å². The fourth-order valence-electron chi connectivity index (χ4n) is 1.51. The molecule has 4 nitrogen and oxygen atoms in total. The highest BCUT2D eigenvalue weighted by molar-refractivity contribution is 5.92.